The number of methoxy groups -OCH3 is 1. The van der Waals surface area contributed by atoms with Crippen LogP contribution in [0.4, 0.5) is 0 Å². The molecule has 2 saturated carbocycles. The molecule has 3 atom stereocenters. The molecule has 264 valence electrons. The van der Waals surface area contributed by atoms with Gasteiger partial charge >= 0.3 is 0 Å². The Morgan fingerprint density at radius 2 is 1.84 bits per heavy atom. The van der Waals surface area contributed by atoms with Gasteiger partial charge in [-0.3, -0.25) is 9.59 Å². The number of hydrogen-bond acceptors (Lipinski definition) is 6. The fourth-order valence-electron chi connectivity index (χ4n) is 9.17. The van der Waals surface area contributed by atoms with E-state index in [2.05, 4.69) is 45.2 Å². The van der Waals surface area contributed by atoms with E-state index in [1.54, 1.807) is 13.2 Å². The third-order valence-electron chi connectivity index (χ3n) is 11.7. The van der Waals surface area contributed by atoms with Gasteiger partial charge in [0.2, 0.25) is 15.9 Å². The van der Waals surface area contributed by atoms with E-state index in [-0.39, 0.29) is 29.5 Å². The number of hydrogen-bond donors (Lipinski definition) is 1. The number of carbonyl (C=O) groups excluding carboxylic acids is 2. The van der Waals surface area contributed by atoms with Gasteiger partial charge in [0.25, 0.3) is 5.91 Å². The number of fused-ring (bicyclic) bond motifs is 7. The maximum Gasteiger partial charge on any atom is 0.264 e. The fraction of sp³-hybridized carbons (Fsp3) is 0.590. The Morgan fingerprint density at radius 3 is 2.55 bits per heavy atom. The first-order valence-corrected chi connectivity index (χ1v) is 20.0. The fourth-order valence-corrected chi connectivity index (χ4v) is 10.5. The van der Waals surface area contributed by atoms with E-state index in [0.717, 1.165) is 79.6 Å². The number of nitrogens with one attached hydrogen (secondary N) is 1. The van der Waals surface area contributed by atoms with Crippen LogP contribution in [0.2, 0.25) is 0 Å². The van der Waals surface area contributed by atoms with E-state index >= 15 is 0 Å². The van der Waals surface area contributed by atoms with Crippen molar-refractivity contribution in [2.24, 2.45) is 11.3 Å². The molecule has 1 aromatic heterocycles. The largest absolute Gasteiger partial charge is 0.497 e. The van der Waals surface area contributed by atoms with Gasteiger partial charge in [-0.25, -0.2) is 13.1 Å². The van der Waals surface area contributed by atoms with Gasteiger partial charge in [-0.15, -0.1) is 0 Å². The molecule has 9 nitrogen and oxygen atoms in total. The maximum absolute atomic E-state index is 15.0. The minimum absolute atomic E-state index is 0.0667. The normalized spacial score (nSPS) is 23.7. The molecule has 2 aliphatic carbocycles. The summed E-state index contributed by atoms with van der Waals surface area (Å²) in [6, 6.07) is 12.2. The van der Waals surface area contributed by atoms with Crippen molar-refractivity contribution in [3.63, 3.8) is 0 Å². The third-order valence-corrected chi connectivity index (χ3v) is 13.3. The van der Waals surface area contributed by atoms with E-state index in [1.807, 2.05) is 32.0 Å². The Labute approximate surface area is 291 Å². The Hall–Kier alpha value is -3.37. The number of likely N-dealkylation sites (tertiary alicyclic amines) is 1. The van der Waals surface area contributed by atoms with E-state index < -0.39 is 21.3 Å². The van der Waals surface area contributed by atoms with E-state index in [0.29, 0.717) is 18.0 Å². The Morgan fingerprint density at radius 1 is 1.06 bits per heavy atom. The molecule has 2 aromatic carbocycles. The van der Waals surface area contributed by atoms with Crippen molar-refractivity contribution in [1.29, 1.82) is 0 Å². The van der Waals surface area contributed by atoms with Crippen LogP contribution in [-0.2, 0) is 21.4 Å². The van der Waals surface area contributed by atoms with E-state index in [4.69, 9.17) is 4.74 Å². The summed E-state index contributed by atoms with van der Waals surface area (Å²) in [6.07, 6.45) is 8.58. The summed E-state index contributed by atoms with van der Waals surface area (Å²) in [5.41, 5.74) is 5.36. The van der Waals surface area contributed by atoms with Crippen LogP contribution in [0.3, 0.4) is 0 Å². The number of carbonyl (C=O) groups is 2. The number of nitrogens with zero attached hydrogens (tertiary/aromatic N) is 3. The average molecular weight is 689 g/mol. The van der Waals surface area contributed by atoms with Crippen LogP contribution >= 0.6 is 0 Å². The second-order valence-corrected chi connectivity index (χ2v) is 17.3. The summed E-state index contributed by atoms with van der Waals surface area (Å²) in [5, 5.41) is 1.09. The highest BCUT2D eigenvalue weighted by atomic mass is 32.2. The smallest absolute Gasteiger partial charge is 0.264 e. The Kier molecular flexibility index (Phi) is 9.09. The maximum atomic E-state index is 15.0. The number of rotatable bonds is 10. The van der Waals surface area contributed by atoms with Crippen LogP contribution in [0.1, 0.15) is 105 Å². The monoisotopic (exact) mass is 688 g/mol. The highest BCUT2D eigenvalue weighted by Gasteiger charge is 2.64. The van der Waals surface area contributed by atoms with Gasteiger partial charge in [0.05, 0.1) is 24.0 Å². The van der Waals surface area contributed by atoms with Crippen molar-refractivity contribution in [3.8, 4) is 17.0 Å². The standard InChI is InChI=1S/C39H52N4O5S/c1-6-41(4)22-28-13-10-18-42(28)38(45)39-21-33(39)32-20-29(48-5)15-17-30(32)36-35(26-11-8-7-9-12-26)31-16-14-27(19-34(31)43(36)24-39)37(44)40-49(46,47)23-25(2)3/h14-17,19-20,25-26,28,33H,6-13,18,21-24H2,1-5H3,(H,40,44). The molecule has 3 unspecified atom stereocenters. The molecule has 1 saturated heterocycles. The van der Waals surface area contributed by atoms with Gasteiger partial charge in [-0.2, -0.15) is 0 Å². The van der Waals surface area contributed by atoms with Gasteiger partial charge in [-0.05, 0) is 99.0 Å². The zero-order valence-electron chi connectivity index (χ0n) is 29.8. The molecule has 3 aromatic rings. The van der Waals surface area contributed by atoms with Crippen LogP contribution in [0.15, 0.2) is 36.4 Å². The van der Waals surface area contributed by atoms with Gasteiger partial charge in [0.1, 0.15) is 5.75 Å². The van der Waals surface area contributed by atoms with Crippen molar-refractivity contribution in [1.82, 2.24) is 19.1 Å². The molecule has 1 N–H and O–H groups in total. The van der Waals surface area contributed by atoms with E-state index in [1.165, 1.54) is 30.4 Å². The zero-order chi connectivity index (χ0) is 34.7. The predicted octanol–water partition coefficient (Wildman–Crippen LogP) is 6.51. The molecule has 49 heavy (non-hydrogen) atoms. The number of likely N-dealkylation sites (N-methyl/N-ethyl adjacent to an activating group) is 1. The first kappa shape index (κ1) is 34.1. The van der Waals surface area contributed by atoms with Crippen LogP contribution < -0.4 is 9.46 Å². The minimum Gasteiger partial charge on any atom is -0.497 e. The highest BCUT2D eigenvalue weighted by molar-refractivity contribution is 7.90. The first-order valence-electron chi connectivity index (χ1n) is 18.3. The Balaban J connectivity index is 1.39. The lowest BCUT2D eigenvalue weighted by atomic mass is 9.81. The summed E-state index contributed by atoms with van der Waals surface area (Å²) in [5.74, 6) is 0.612. The highest BCUT2D eigenvalue weighted by Crippen LogP contribution is 2.66. The number of ether oxygens (including phenoxy) is 1. The van der Waals surface area contributed by atoms with Gasteiger partial charge < -0.3 is 19.1 Å². The predicted molar refractivity (Wildman–Crippen MR) is 194 cm³/mol. The lowest BCUT2D eigenvalue weighted by molar-refractivity contribution is -0.138. The van der Waals surface area contributed by atoms with Gasteiger partial charge in [0.15, 0.2) is 0 Å². The van der Waals surface area contributed by atoms with Crippen molar-refractivity contribution >= 4 is 32.7 Å². The number of aromatic nitrogens is 1. The average Bonchev–Trinajstić information content (AvgIpc) is 3.52. The molecule has 10 heteroatoms. The number of amides is 2. The molecule has 4 aliphatic rings. The second-order valence-electron chi connectivity index (χ2n) is 15.5. The van der Waals surface area contributed by atoms with Crippen LogP contribution in [0, 0.1) is 11.3 Å². The zero-order valence-corrected chi connectivity index (χ0v) is 30.6. The number of sulfonamides is 1. The van der Waals surface area contributed by atoms with Gasteiger partial charge in [0, 0.05) is 53.6 Å². The third kappa shape index (κ3) is 6.17. The second kappa shape index (κ2) is 13.1. The first-order chi connectivity index (χ1) is 23.5. The minimum atomic E-state index is -3.78. The van der Waals surface area contributed by atoms with Crippen LogP contribution in [0.5, 0.6) is 5.75 Å². The molecular formula is C39H52N4O5S. The molecular weight excluding hydrogens is 637 g/mol. The Bertz CT molecular complexity index is 1880. The summed E-state index contributed by atoms with van der Waals surface area (Å²) in [7, 11) is 0.0371. The quantitative estimate of drug-likeness (QED) is 0.261. The lowest BCUT2D eigenvalue weighted by Crippen LogP contribution is -2.46. The SMILES string of the molecule is CCN(C)CC1CCCN1C(=O)C12CC1c1cc(OC)ccc1-c1c(C3CCCCC3)c3ccc(C(=O)NS(=O)(=O)CC(C)C)cc3n1C2. The molecule has 7 rings (SSSR count). The molecule has 0 bridgehead atoms. The summed E-state index contributed by atoms with van der Waals surface area (Å²) in [4.78, 5) is 32.9. The van der Waals surface area contributed by atoms with Crippen LogP contribution in [-0.4, -0.2) is 80.2 Å². The van der Waals surface area contributed by atoms with Crippen molar-refractivity contribution in [2.45, 2.75) is 96.6 Å². The molecule has 0 spiro atoms. The summed E-state index contributed by atoms with van der Waals surface area (Å²) < 4.78 is 36.0. The molecule has 3 heterocycles. The van der Waals surface area contributed by atoms with Crippen molar-refractivity contribution < 1.29 is 22.7 Å². The van der Waals surface area contributed by atoms with Gasteiger partial charge in [-0.1, -0.05) is 46.1 Å². The molecule has 0 radical (unpaired) electrons. The van der Waals surface area contributed by atoms with Crippen molar-refractivity contribution in [2.75, 3.05) is 39.5 Å². The lowest BCUT2D eigenvalue weighted by Gasteiger charge is -2.32. The molecule has 2 amide bonds. The molecule has 2 aliphatic heterocycles. The molecule has 3 fully saturated rings. The number of benzene rings is 2. The van der Waals surface area contributed by atoms with Crippen LogP contribution in [0.25, 0.3) is 22.2 Å². The topological polar surface area (TPSA) is 101 Å². The van der Waals surface area contributed by atoms with Crippen molar-refractivity contribution in [3.05, 3.63) is 53.1 Å². The summed E-state index contributed by atoms with van der Waals surface area (Å²) >= 11 is 0. The van der Waals surface area contributed by atoms with E-state index in [9.17, 15) is 18.0 Å². The summed E-state index contributed by atoms with van der Waals surface area (Å²) in [6.45, 7) is 8.91.